The Morgan fingerprint density at radius 3 is 2.41 bits per heavy atom. The van der Waals surface area contributed by atoms with Crippen LogP contribution in [0.1, 0.15) is 15.9 Å². The Morgan fingerprint density at radius 2 is 1.74 bits per heavy atom. The van der Waals surface area contributed by atoms with E-state index in [4.69, 9.17) is 9.47 Å². The Morgan fingerprint density at radius 1 is 0.963 bits per heavy atom. The molecule has 0 unspecified atom stereocenters. The molecule has 1 aromatic heterocycles. The third-order valence-corrected chi connectivity index (χ3v) is 4.03. The van der Waals surface area contributed by atoms with Crippen LogP contribution in [0.5, 0.6) is 11.5 Å². The van der Waals surface area contributed by atoms with Crippen LogP contribution in [0.4, 0.5) is 11.5 Å². The zero-order chi connectivity index (χ0) is 19.1. The predicted octanol–water partition coefficient (Wildman–Crippen LogP) is 3.96. The van der Waals surface area contributed by atoms with Crippen molar-refractivity contribution in [3.63, 3.8) is 0 Å². The van der Waals surface area contributed by atoms with Crippen molar-refractivity contribution in [2.45, 2.75) is 6.54 Å². The van der Waals surface area contributed by atoms with Crippen LogP contribution in [0.3, 0.4) is 0 Å². The Bertz CT molecular complexity index is 893. The minimum absolute atomic E-state index is 0.222. The van der Waals surface area contributed by atoms with Crippen molar-refractivity contribution in [2.24, 2.45) is 0 Å². The number of carbonyl (C=O) groups excluding carboxylic acids is 1. The van der Waals surface area contributed by atoms with E-state index in [2.05, 4.69) is 15.6 Å². The number of hydrogen-bond acceptors (Lipinski definition) is 5. The Balaban J connectivity index is 1.58. The zero-order valence-corrected chi connectivity index (χ0v) is 15.2. The van der Waals surface area contributed by atoms with Crippen molar-refractivity contribution in [3.8, 4) is 11.5 Å². The van der Waals surface area contributed by atoms with Crippen LogP contribution in [-0.4, -0.2) is 25.1 Å². The van der Waals surface area contributed by atoms with E-state index in [0.717, 1.165) is 17.0 Å². The predicted molar refractivity (Wildman–Crippen MR) is 106 cm³/mol. The highest BCUT2D eigenvalue weighted by Gasteiger charge is 2.07. The van der Waals surface area contributed by atoms with E-state index in [9.17, 15) is 4.79 Å². The van der Waals surface area contributed by atoms with Crippen LogP contribution >= 0.6 is 0 Å². The average Bonchev–Trinajstić information content (AvgIpc) is 2.73. The van der Waals surface area contributed by atoms with Gasteiger partial charge >= 0.3 is 0 Å². The molecule has 1 amide bonds. The van der Waals surface area contributed by atoms with E-state index >= 15 is 0 Å². The van der Waals surface area contributed by atoms with Crippen molar-refractivity contribution in [1.82, 2.24) is 4.98 Å². The molecule has 0 atom stereocenters. The van der Waals surface area contributed by atoms with Crippen molar-refractivity contribution in [2.75, 3.05) is 24.9 Å². The number of pyridine rings is 1. The van der Waals surface area contributed by atoms with E-state index in [1.807, 2.05) is 30.3 Å². The molecule has 27 heavy (non-hydrogen) atoms. The van der Waals surface area contributed by atoms with Gasteiger partial charge in [0.1, 0.15) is 17.3 Å². The lowest BCUT2D eigenvalue weighted by molar-refractivity contribution is 0.102. The van der Waals surface area contributed by atoms with Crippen LogP contribution in [0, 0.1) is 0 Å². The molecule has 0 fully saturated rings. The Kier molecular flexibility index (Phi) is 5.89. The molecule has 6 nitrogen and oxygen atoms in total. The standard InChI is InChI=1S/C21H21N3O3/c1-26-18-10-7-15(8-11-18)21(25)24-20-12-9-17(14-23-20)22-13-16-5-3-4-6-19(16)27-2/h3-12,14,22H,13H2,1-2H3,(H,23,24,25). The molecule has 0 radical (unpaired) electrons. The summed E-state index contributed by atoms with van der Waals surface area (Å²) in [4.78, 5) is 16.5. The number of rotatable bonds is 7. The van der Waals surface area contributed by atoms with E-state index < -0.39 is 0 Å². The first kappa shape index (κ1) is 18.3. The van der Waals surface area contributed by atoms with Crippen molar-refractivity contribution < 1.29 is 14.3 Å². The number of nitrogens with zero attached hydrogens (tertiary/aromatic N) is 1. The number of methoxy groups -OCH3 is 2. The fourth-order valence-corrected chi connectivity index (χ4v) is 2.55. The van der Waals surface area contributed by atoms with Gasteiger partial charge in [0.25, 0.3) is 5.91 Å². The number of amides is 1. The lowest BCUT2D eigenvalue weighted by atomic mass is 10.2. The SMILES string of the molecule is COc1ccc(C(=O)Nc2ccc(NCc3ccccc3OC)cn2)cc1. The van der Waals surface area contributed by atoms with Crippen LogP contribution in [-0.2, 0) is 6.54 Å². The lowest BCUT2D eigenvalue weighted by Crippen LogP contribution is -2.13. The van der Waals surface area contributed by atoms with Gasteiger partial charge in [-0.05, 0) is 42.5 Å². The molecule has 0 saturated heterocycles. The molecule has 0 aliphatic carbocycles. The second kappa shape index (κ2) is 8.71. The lowest BCUT2D eigenvalue weighted by Gasteiger charge is -2.11. The minimum atomic E-state index is -0.222. The van der Waals surface area contributed by atoms with Gasteiger partial charge in [-0.1, -0.05) is 18.2 Å². The van der Waals surface area contributed by atoms with Crippen molar-refractivity contribution in [1.29, 1.82) is 0 Å². The molecule has 3 aromatic rings. The van der Waals surface area contributed by atoms with Gasteiger partial charge < -0.3 is 20.1 Å². The molecule has 3 rings (SSSR count). The van der Waals surface area contributed by atoms with E-state index in [1.165, 1.54) is 0 Å². The molecule has 2 N–H and O–H groups in total. The first-order chi connectivity index (χ1) is 13.2. The first-order valence-electron chi connectivity index (χ1n) is 8.47. The average molecular weight is 363 g/mol. The molecule has 0 aliphatic rings. The molecule has 1 heterocycles. The van der Waals surface area contributed by atoms with E-state index in [0.29, 0.717) is 23.7 Å². The van der Waals surface area contributed by atoms with Crippen LogP contribution in [0.25, 0.3) is 0 Å². The highest BCUT2D eigenvalue weighted by Crippen LogP contribution is 2.19. The number of aromatic nitrogens is 1. The summed E-state index contributed by atoms with van der Waals surface area (Å²) in [5, 5.41) is 6.07. The highest BCUT2D eigenvalue weighted by molar-refractivity contribution is 6.03. The topological polar surface area (TPSA) is 72.5 Å². The number of para-hydroxylation sites is 1. The maximum absolute atomic E-state index is 12.3. The van der Waals surface area contributed by atoms with Crippen molar-refractivity contribution >= 4 is 17.4 Å². The van der Waals surface area contributed by atoms with Crippen LogP contribution < -0.4 is 20.1 Å². The summed E-state index contributed by atoms with van der Waals surface area (Å²) in [5.41, 5.74) is 2.44. The van der Waals surface area contributed by atoms with E-state index in [1.54, 1.807) is 50.7 Å². The number of hydrogen-bond donors (Lipinski definition) is 2. The second-order valence-corrected chi connectivity index (χ2v) is 5.78. The number of ether oxygens (including phenoxy) is 2. The Hall–Kier alpha value is -3.54. The molecule has 0 aliphatic heterocycles. The molecule has 0 spiro atoms. The summed E-state index contributed by atoms with van der Waals surface area (Å²) in [6.07, 6.45) is 1.68. The summed E-state index contributed by atoms with van der Waals surface area (Å²) < 4.78 is 10.4. The minimum Gasteiger partial charge on any atom is -0.497 e. The summed E-state index contributed by atoms with van der Waals surface area (Å²) >= 11 is 0. The molecule has 138 valence electrons. The van der Waals surface area contributed by atoms with Crippen LogP contribution in [0.15, 0.2) is 66.9 Å². The maximum atomic E-state index is 12.3. The fourth-order valence-electron chi connectivity index (χ4n) is 2.55. The third kappa shape index (κ3) is 4.76. The van der Waals surface area contributed by atoms with Gasteiger partial charge in [0.2, 0.25) is 0 Å². The maximum Gasteiger partial charge on any atom is 0.256 e. The first-order valence-corrected chi connectivity index (χ1v) is 8.47. The molecular weight excluding hydrogens is 342 g/mol. The summed E-state index contributed by atoms with van der Waals surface area (Å²) in [5.74, 6) is 1.80. The fraction of sp³-hybridized carbons (Fsp3) is 0.143. The van der Waals surface area contributed by atoms with Gasteiger partial charge in [0, 0.05) is 17.7 Å². The summed E-state index contributed by atoms with van der Waals surface area (Å²) in [7, 11) is 3.24. The molecule has 0 saturated carbocycles. The largest absolute Gasteiger partial charge is 0.497 e. The molecule has 2 aromatic carbocycles. The monoisotopic (exact) mass is 363 g/mol. The highest BCUT2D eigenvalue weighted by atomic mass is 16.5. The van der Waals surface area contributed by atoms with Gasteiger partial charge in [-0.15, -0.1) is 0 Å². The third-order valence-electron chi connectivity index (χ3n) is 4.03. The second-order valence-electron chi connectivity index (χ2n) is 5.78. The van der Waals surface area contributed by atoms with E-state index in [-0.39, 0.29) is 5.91 Å². The van der Waals surface area contributed by atoms with Gasteiger partial charge in [-0.2, -0.15) is 0 Å². The van der Waals surface area contributed by atoms with Gasteiger partial charge in [0.15, 0.2) is 0 Å². The number of carbonyl (C=O) groups is 1. The zero-order valence-electron chi connectivity index (χ0n) is 15.2. The van der Waals surface area contributed by atoms with Gasteiger partial charge in [0.05, 0.1) is 26.1 Å². The van der Waals surface area contributed by atoms with Crippen LogP contribution in [0.2, 0.25) is 0 Å². The summed E-state index contributed by atoms with van der Waals surface area (Å²) in [6.45, 7) is 0.614. The normalized spacial score (nSPS) is 10.1. The number of benzene rings is 2. The summed E-state index contributed by atoms with van der Waals surface area (Å²) in [6, 6.07) is 18.3. The quantitative estimate of drug-likeness (QED) is 0.665. The molecule has 6 heteroatoms. The smallest absolute Gasteiger partial charge is 0.256 e. The Labute approximate surface area is 158 Å². The van der Waals surface area contributed by atoms with Gasteiger partial charge in [-0.3, -0.25) is 4.79 Å². The number of anilines is 2. The molecule has 0 bridgehead atoms. The number of nitrogens with one attached hydrogen (secondary N) is 2. The molecular formula is C21H21N3O3. The van der Waals surface area contributed by atoms with Gasteiger partial charge in [-0.25, -0.2) is 4.98 Å². The van der Waals surface area contributed by atoms with Crippen molar-refractivity contribution in [3.05, 3.63) is 78.0 Å².